The van der Waals surface area contributed by atoms with Crippen LogP contribution in [0.3, 0.4) is 0 Å². The standard InChI is InChI=1S/C16H25N/c1-11-5-12(2)8-15(7-11)16(17)9-13(3)6-14(4)10-16/h5,7-8,13-14H,6,9-10,17H2,1-4H3. The first kappa shape index (κ1) is 12.6. The molecule has 2 unspecified atom stereocenters. The molecule has 2 N–H and O–H groups in total. The van der Waals surface area contributed by atoms with Gasteiger partial charge in [0.1, 0.15) is 0 Å². The van der Waals surface area contributed by atoms with Crippen LogP contribution in [0.4, 0.5) is 0 Å². The van der Waals surface area contributed by atoms with Crippen LogP contribution in [0.5, 0.6) is 0 Å². The maximum Gasteiger partial charge on any atom is 0.0414 e. The van der Waals surface area contributed by atoms with Crippen molar-refractivity contribution in [3.63, 3.8) is 0 Å². The van der Waals surface area contributed by atoms with Gasteiger partial charge in [-0.1, -0.05) is 43.2 Å². The second-order valence-corrected chi connectivity index (χ2v) is 6.39. The minimum absolute atomic E-state index is 0.103. The van der Waals surface area contributed by atoms with Gasteiger partial charge in [-0.15, -0.1) is 0 Å². The number of aryl methyl sites for hydroxylation is 2. The van der Waals surface area contributed by atoms with Gasteiger partial charge in [-0.3, -0.25) is 0 Å². The number of benzene rings is 1. The van der Waals surface area contributed by atoms with E-state index in [0.717, 1.165) is 24.7 Å². The van der Waals surface area contributed by atoms with Gasteiger partial charge in [-0.25, -0.2) is 0 Å². The first-order chi connectivity index (χ1) is 7.89. The van der Waals surface area contributed by atoms with E-state index in [4.69, 9.17) is 5.73 Å². The maximum absolute atomic E-state index is 6.70. The van der Waals surface area contributed by atoms with Crippen LogP contribution in [0, 0.1) is 25.7 Å². The summed E-state index contributed by atoms with van der Waals surface area (Å²) in [7, 11) is 0. The highest BCUT2D eigenvalue weighted by atomic mass is 14.8. The van der Waals surface area contributed by atoms with Crippen LogP contribution in [-0.4, -0.2) is 0 Å². The molecule has 0 amide bonds. The van der Waals surface area contributed by atoms with Gasteiger partial charge in [0.2, 0.25) is 0 Å². The largest absolute Gasteiger partial charge is 0.321 e. The first-order valence-corrected chi connectivity index (χ1v) is 6.77. The van der Waals surface area contributed by atoms with Crippen molar-refractivity contribution >= 4 is 0 Å². The maximum atomic E-state index is 6.70. The Balaban J connectivity index is 2.36. The molecule has 0 bridgehead atoms. The second-order valence-electron chi connectivity index (χ2n) is 6.39. The van der Waals surface area contributed by atoms with E-state index in [1.54, 1.807) is 0 Å². The van der Waals surface area contributed by atoms with E-state index in [0.29, 0.717) is 0 Å². The Labute approximate surface area is 105 Å². The number of rotatable bonds is 1. The molecule has 1 aromatic rings. The van der Waals surface area contributed by atoms with E-state index in [1.165, 1.54) is 23.1 Å². The molecule has 0 radical (unpaired) electrons. The van der Waals surface area contributed by atoms with Crippen molar-refractivity contribution in [1.82, 2.24) is 0 Å². The fraction of sp³-hybridized carbons (Fsp3) is 0.625. The minimum atomic E-state index is -0.103. The van der Waals surface area contributed by atoms with Crippen LogP contribution in [-0.2, 0) is 5.54 Å². The molecule has 0 aromatic heterocycles. The third-order valence-corrected chi connectivity index (χ3v) is 4.03. The summed E-state index contributed by atoms with van der Waals surface area (Å²) in [4.78, 5) is 0. The molecule has 1 aliphatic carbocycles. The highest BCUT2D eigenvalue weighted by Crippen LogP contribution is 2.41. The molecule has 0 aliphatic heterocycles. The van der Waals surface area contributed by atoms with Crippen molar-refractivity contribution in [3.8, 4) is 0 Å². The number of hydrogen-bond donors (Lipinski definition) is 1. The molecule has 1 nitrogen and oxygen atoms in total. The fourth-order valence-electron chi connectivity index (χ4n) is 3.68. The lowest BCUT2D eigenvalue weighted by molar-refractivity contribution is 0.183. The molecule has 0 spiro atoms. The Bertz CT molecular complexity index is 378. The summed E-state index contributed by atoms with van der Waals surface area (Å²) in [5.41, 5.74) is 10.6. The molecule has 1 aromatic carbocycles. The summed E-state index contributed by atoms with van der Waals surface area (Å²) in [6, 6.07) is 6.78. The van der Waals surface area contributed by atoms with Gasteiger partial charge in [0, 0.05) is 5.54 Å². The van der Waals surface area contributed by atoms with E-state index >= 15 is 0 Å². The molecular formula is C16H25N. The van der Waals surface area contributed by atoms with Gasteiger partial charge in [0.25, 0.3) is 0 Å². The smallest absolute Gasteiger partial charge is 0.0414 e. The van der Waals surface area contributed by atoms with Crippen LogP contribution in [0.25, 0.3) is 0 Å². The van der Waals surface area contributed by atoms with E-state index in [1.807, 2.05) is 0 Å². The normalized spacial score (nSPS) is 33.7. The van der Waals surface area contributed by atoms with Crippen LogP contribution < -0.4 is 5.73 Å². The van der Waals surface area contributed by atoms with Crippen molar-refractivity contribution in [2.45, 2.75) is 52.5 Å². The van der Waals surface area contributed by atoms with Crippen LogP contribution in [0.1, 0.15) is 49.8 Å². The van der Waals surface area contributed by atoms with Gasteiger partial charge < -0.3 is 5.73 Å². The molecule has 0 saturated heterocycles. The zero-order valence-corrected chi connectivity index (χ0v) is 11.6. The fourth-order valence-corrected chi connectivity index (χ4v) is 3.68. The Morgan fingerprint density at radius 1 is 1.00 bits per heavy atom. The van der Waals surface area contributed by atoms with Gasteiger partial charge in [-0.05, 0) is 50.5 Å². The zero-order chi connectivity index (χ0) is 12.6. The van der Waals surface area contributed by atoms with Gasteiger partial charge >= 0.3 is 0 Å². The molecule has 1 saturated carbocycles. The zero-order valence-electron chi connectivity index (χ0n) is 11.6. The summed E-state index contributed by atoms with van der Waals surface area (Å²) in [6.07, 6.45) is 3.57. The Morgan fingerprint density at radius 2 is 1.47 bits per heavy atom. The van der Waals surface area contributed by atoms with Crippen LogP contribution >= 0.6 is 0 Å². The van der Waals surface area contributed by atoms with E-state index < -0.39 is 0 Å². The Kier molecular flexibility index (Phi) is 3.31. The predicted octanol–water partition coefficient (Wildman–Crippen LogP) is 3.91. The molecule has 1 fully saturated rings. The van der Waals surface area contributed by atoms with Gasteiger partial charge in [0.05, 0.1) is 0 Å². The molecule has 2 rings (SSSR count). The monoisotopic (exact) mass is 231 g/mol. The molecule has 1 heteroatoms. The summed E-state index contributed by atoms with van der Waals surface area (Å²) in [6.45, 7) is 8.99. The molecular weight excluding hydrogens is 206 g/mol. The predicted molar refractivity (Wildman–Crippen MR) is 74.0 cm³/mol. The first-order valence-electron chi connectivity index (χ1n) is 6.77. The lowest BCUT2D eigenvalue weighted by Gasteiger charge is -2.41. The molecule has 17 heavy (non-hydrogen) atoms. The third kappa shape index (κ3) is 2.71. The topological polar surface area (TPSA) is 26.0 Å². The second kappa shape index (κ2) is 4.45. The lowest BCUT2D eigenvalue weighted by atomic mass is 9.69. The van der Waals surface area contributed by atoms with Crippen LogP contribution in [0.2, 0.25) is 0 Å². The summed E-state index contributed by atoms with van der Waals surface area (Å²) >= 11 is 0. The highest BCUT2D eigenvalue weighted by molar-refractivity contribution is 5.34. The summed E-state index contributed by atoms with van der Waals surface area (Å²) in [5.74, 6) is 1.48. The Morgan fingerprint density at radius 3 is 1.94 bits per heavy atom. The highest BCUT2D eigenvalue weighted by Gasteiger charge is 2.35. The van der Waals surface area contributed by atoms with Crippen LogP contribution in [0.15, 0.2) is 18.2 Å². The van der Waals surface area contributed by atoms with E-state index in [9.17, 15) is 0 Å². The summed E-state index contributed by atoms with van der Waals surface area (Å²) < 4.78 is 0. The van der Waals surface area contributed by atoms with Crippen molar-refractivity contribution in [3.05, 3.63) is 34.9 Å². The third-order valence-electron chi connectivity index (χ3n) is 4.03. The van der Waals surface area contributed by atoms with E-state index in [2.05, 4.69) is 45.9 Å². The van der Waals surface area contributed by atoms with Crippen molar-refractivity contribution in [1.29, 1.82) is 0 Å². The lowest BCUT2D eigenvalue weighted by Crippen LogP contribution is -2.43. The number of nitrogens with two attached hydrogens (primary N) is 1. The average molecular weight is 231 g/mol. The Hall–Kier alpha value is -0.820. The molecule has 1 aliphatic rings. The van der Waals surface area contributed by atoms with Gasteiger partial charge in [-0.2, -0.15) is 0 Å². The quantitative estimate of drug-likeness (QED) is 0.779. The minimum Gasteiger partial charge on any atom is -0.321 e. The summed E-state index contributed by atoms with van der Waals surface area (Å²) in [5, 5.41) is 0. The molecule has 0 heterocycles. The van der Waals surface area contributed by atoms with Gasteiger partial charge in [0.15, 0.2) is 0 Å². The molecule has 2 atom stereocenters. The van der Waals surface area contributed by atoms with Crippen molar-refractivity contribution in [2.75, 3.05) is 0 Å². The van der Waals surface area contributed by atoms with E-state index in [-0.39, 0.29) is 5.54 Å². The van der Waals surface area contributed by atoms with Crippen molar-refractivity contribution < 1.29 is 0 Å². The number of hydrogen-bond acceptors (Lipinski definition) is 1. The SMILES string of the molecule is Cc1cc(C)cc(C2(N)CC(C)CC(C)C2)c1. The average Bonchev–Trinajstić information content (AvgIpc) is 2.13. The van der Waals surface area contributed by atoms with Crippen molar-refractivity contribution in [2.24, 2.45) is 17.6 Å². The molecule has 94 valence electrons.